The van der Waals surface area contributed by atoms with E-state index in [0.717, 1.165) is 11.8 Å². The van der Waals surface area contributed by atoms with Crippen LogP contribution in [-0.2, 0) is 16.4 Å². The molecule has 1 heterocycles. The molecule has 3 rings (SSSR count). The van der Waals surface area contributed by atoms with Crippen molar-refractivity contribution >= 4 is 38.3 Å². The number of carboxylic acid groups (broad SMARTS) is 1. The van der Waals surface area contributed by atoms with Crippen LogP contribution in [0.1, 0.15) is 15.9 Å². The summed E-state index contributed by atoms with van der Waals surface area (Å²) in [5, 5.41) is 10.3. The van der Waals surface area contributed by atoms with Gasteiger partial charge < -0.3 is 9.67 Å². The normalized spacial score (nSPS) is 11.8. The first-order valence-electron chi connectivity index (χ1n) is 6.99. The topological polar surface area (TPSA) is 76.4 Å². The number of fused-ring (bicyclic) bond motifs is 1. The molecule has 0 aliphatic rings. The van der Waals surface area contributed by atoms with Gasteiger partial charge in [0.15, 0.2) is 9.84 Å². The Kier molecular flexibility index (Phi) is 4.11. The molecule has 2 aromatic carbocycles. The molecule has 0 fully saturated rings. The first kappa shape index (κ1) is 16.5. The summed E-state index contributed by atoms with van der Waals surface area (Å²) in [4.78, 5) is 11.6. The van der Waals surface area contributed by atoms with Crippen LogP contribution in [-0.4, -0.2) is 30.3 Å². The van der Waals surface area contributed by atoms with E-state index in [1.165, 1.54) is 12.1 Å². The molecule has 0 saturated carbocycles. The van der Waals surface area contributed by atoms with E-state index in [1.807, 2.05) is 12.1 Å². The Hall–Kier alpha value is -2.31. The molecule has 123 valence electrons. The summed E-state index contributed by atoms with van der Waals surface area (Å²) in [6, 6.07) is 11.6. The molecule has 0 unspecified atom stereocenters. The lowest BCUT2D eigenvalue weighted by molar-refractivity contribution is 0.0698. The Bertz CT molecular complexity index is 1040. The molecule has 0 bridgehead atoms. The molecular formula is C17H13ClNO4S. The SMILES string of the molecule is CS(=O)(=O)c1ccc2c(c1)c(C(=O)O)[c]n2Cc1ccc(Cl)cc1. The van der Waals surface area contributed by atoms with Crippen LogP contribution in [0.25, 0.3) is 10.9 Å². The van der Waals surface area contributed by atoms with Crippen LogP contribution >= 0.6 is 11.6 Å². The summed E-state index contributed by atoms with van der Waals surface area (Å²) < 4.78 is 25.1. The molecule has 5 nitrogen and oxygen atoms in total. The average Bonchev–Trinajstić information content (AvgIpc) is 2.87. The molecule has 1 radical (unpaired) electrons. The van der Waals surface area contributed by atoms with Crippen molar-refractivity contribution in [1.82, 2.24) is 4.57 Å². The van der Waals surface area contributed by atoms with Crippen LogP contribution in [0.2, 0.25) is 5.02 Å². The summed E-state index contributed by atoms with van der Waals surface area (Å²) in [5.41, 5.74) is 1.48. The van der Waals surface area contributed by atoms with Crippen LogP contribution in [0, 0.1) is 6.20 Å². The first-order chi connectivity index (χ1) is 11.3. The van der Waals surface area contributed by atoms with Gasteiger partial charge in [-0.25, -0.2) is 13.2 Å². The van der Waals surface area contributed by atoms with Crippen molar-refractivity contribution in [3.8, 4) is 0 Å². The number of hydrogen-bond acceptors (Lipinski definition) is 3. The van der Waals surface area contributed by atoms with Crippen LogP contribution in [0.4, 0.5) is 0 Å². The number of carboxylic acids is 1. The number of aromatic nitrogens is 1. The highest BCUT2D eigenvalue weighted by Gasteiger charge is 2.18. The third-order valence-corrected chi connectivity index (χ3v) is 5.03. The van der Waals surface area contributed by atoms with Gasteiger partial charge in [-0.15, -0.1) is 0 Å². The van der Waals surface area contributed by atoms with Crippen LogP contribution in [0.5, 0.6) is 0 Å². The molecule has 3 aromatic rings. The molecule has 0 atom stereocenters. The summed E-state index contributed by atoms with van der Waals surface area (Å²) in [7, 11) is -3.42. The van der Waals surface area contributed by atoms with E-state index in [0.29, 0.717) is 22.5 Å². The molecule has 1 N–H and O–H groups in total. The van der Waals surface area contributed by atoms with E-state index in [-0.39, 0.29) is 10.5 Å². The molecule has 0 aliphatic carbocycles. The lowest BCUT2D eigenvalue weighted by Gasteiger charge is -2.06. The number of carbonyl (C=O) groups is 1. The number of nitrogens with zero attached hydrogens (tertiary/aromatic N) is 1. The highest BCUT2D eigenvalue weighted by Crippen LogP contribution is 2.25. The number of benzene rings is 2. The predicted molar refractivity (Wildman–Crippen MR) is 91.4 cm³/mol. The zero-order chi connectivity index (χ0) is 17.5. The van der Waals surface area contributed by atoms with Gasteiger partial charge in [0.2, 0.25) is 0 Å². The van der Waals surface area contributed by atoms with Crippen molar-refractivity contribution < 1.29 is 18.3 Å². The van der Waals surface area contributed by atoms with Gasteiger partial charge in [-0.05, 0) is 35.9 Å². The Morgan fingerprint density at radius 1 is 1.21 bits per heavy atom. The maximum atomic E-state index is 11.7. The van der Waals surface area contributed by atoms with E-state index in [1.54, 1.807) is 22.8 Å². The fourth-order valence-electron chi connectivity index (χ4n) is 2.50. The van der Waals surface area contributed by atoms with Crippen LogP contribution in [0.15, 0.2) is 47.4 Å². The number of hydrogen-bond donors (Lipinski definition) is 1. The zero-order valence-corrected chi connectivity index (χ0v) is 14.2. The fraction of sp³-hybridized carbons (Fsp3) is 0.118. The highest BCUT2D eigenvalue weighted by molar-refractivity contribution is 7.90. The summed E-state index contributed by atoms with van der Waals surface area (Å²) in [6.07, 6.45) is 3.91. The highest BCUT2D eigenvalue weighted by atomic mass is 35.5. The Labute approximate surface area is 144 Å². The molecule has 1 aromatic heterocycles. The third kappa shape index (κ3) is 3.16. The largest absolute Gasteiger partial charge is 0.478 e. The van der Waals surface area contributed by atoms with Crippen molar-refractivity contribution in [2.75, 3.05) is 6.26 Å². The van der Waals surface area contributed by atoms with Crippen molar-refractivity contribution in [2.24, 2.45) is 0 Å². The standard InChI is InChI=1S/C17H13ClNO4S/c1-24(22,23)13-6-7-16-14(8-13)15(17(20)21)10-19(16)9-11-2-4-12(18)5-3-11/h2-8H,9H2,1H3,(H,20,21). The average molecular weight is 363 g/mol. The second-order valence-corrected chi connectivity index (χ2v) is 7.91. The van der Waals surface area contributed by atoms with Crippen molar-refractivity contribution in [3.63, 3.8) is 0 Å². The van der Waals surface area contributed by atoms with Gasteiger partial charge in [0.25, 0.3) is 0 Å². The Balaban J connectivity index is 2.15. The number of aromatic carboxylic acids is 1. The minimum absolute atomic E-state index is 0.0514. The molecule has 0 spiro atoms. The van der Waals surface area contributed by atoms with Gasteiger partial charge >= 0.3 is 5.97 Å². The molecule has 0 amide bonds. The molecular weight excluding hydrogens is 350 g/mol. The van der Waals surface area contributed by atoms with E-state index in [4.69, 9.17) is 11.6 Å². The van der Waals surface area contributed by atoms with Crippen molar-refractivity contribution in [1.29, 1.82) is 0 Å². The lowest BCUT2D eigenvalue weighted by Crippen LogP contribution is -1.99. The van der Waals surface area contributed by atoms with Gasteiger partial charge in [-0.1, -0.05) is 23.7 Å². The quantitative estimate of drug-likeness (QED) is 0.773. The summed E-state index contributed by atoms with van der Waals surface area (Å²) >= 11 is 5.87. The minimum Gasteiger partial charge on any atom is -0.478 e. The number of halogens is 1. The lowest BCUT2D eigenvalue weighted by atomic mass is 10.2. The summed E-state index contributed by atoms with van der Waals surface area (Å²) in [5.74, 6) is -1.15. The van der Waals surface area contributed by atoms with E-state index >= 15 is 0 Å². The predicted octanol–water partition coefficient (Wildman–Crippen LogP) is 3.24. The number of sulfone groups is 1. The minimum atomic E-state index is -3.42. The van der Waals surface area contributed by atoms with Crippen molar-refractivity contribution in [2.45, 2.75) is 11.4 Å². The first-order valence-corrected chi connectivity index (χ1v) is 9.26. The second kappa shape index (κ2) is 5.96. The van der Waals surface area contributed by atoms with E-state index in [9.17, 15) is 18.3 Å². The van der Waals surface area contributed by atoms with E-state index < -0.39 is 15.8 Å². The van der Waals surface area contributed by atoms with Gasteiger partial charge in [0.1, 0.15) is 0 Å². The monoisotopic (exact) mass is 362 g/mol. The van der Waals surface area contributed by atoms with E-state index in [2.05, 4.69) is 6.20 Å². The summed E-state index contributed by atoms with van der Waals surface area (Å²) in [6.45, 7) is 0.402. The van der Waals surface area contributed by atoms with Gasteiger partial charge in [-0.3, -0.25) is 0 Å². The Morgan fingerprint density at radius 3 is 2.46 bits per heavy atom. The van der Waals surface area contributed by atoms with Crippen molar-refractivity contribution in [3.05, 3.63) is 64.8 Å². The smallest absolute Gasteiger partial charge is 0.338 e. The van der Waals surface area contributed by atoms with Crippen LogP contribution in [0.3, 0.4) is 0 Å². The molecule has 0 aliphatic heterocycles. The Morgan fingerprint density at radius 2 is 1.88 bits per heavy atom. The molecule has 7 heteroatoms. The molecule has 0 saturated heterocycles. The van der Waals surface area contributed by atoms with Gasteiger partial charge in [-0.2, -0.15) is 0 Å². The third-order valence-electron chi connectivity index (χ3n) is 3.67. The second-order valence-electron chi connectivity index (χ2n) is 5.46. The van der Waals surface area contributed by atoms with Gasteiger partial charge in [0, 0.05) is 28.7 Å². The maximum absolute atomic E-state index is 11.7. The van der Waals surface area contributed by atoms with Gasteiger partial charge in [0.05, 0.1) is 16.7 Å². The zero-order valence-electron chi connectivity index (χ0n) is 12.7. The van der Waals surface area contributed by atoms with Crippen LogP contribution < -0.4 is 0 Å². The number of rotatable bonds is 4. The molecule has 24 heavy (non-hydrogen) atoms. The fourth-order valence-corrected chi connectivity index (χ4v) is 3.27. The maximum Gasteiger partial charge on any atom is 0.338 e.